The summed E-state index contributed by atoms with van der Waals surface area (Å²) in [5.41, 5.74) is 2.95. The average Bonchev–Trinajstić information content (AvgIpc) is 3.31. The molecule has 3 aromatic carbocycles. The number of anilines is 1. The van der Waals surface area contributed by atoms with Crippen LogP contribution in [0, 0.1) is 18.6 Å². The molecule has 0 N–H and O–H groups in total. The lowest BCUT2D eigenvalue weighted by molar-refractivity contribution is -0.123. The van der Waals surface area contributed by atoms with Crippen LogP contribution in [0.5, 0.6) is 0 Å². The number of fused-ring (bicyclic) bond motifs is 2. The van der Waals surface area contributed by atoms with E-state index < -0.39 is 16.5 Å². The highest BCUT2D eigenvalue weighted by Crippen LogP contribution is 2.55. The van der Waals surface area contributed by atoms with Gasteiger partial charge in [-0.3, -0.25) is 9.59 Å². The van der Waals surface area contributed by atoms with Crippen molar-refractivity contribution in [1.82, 2.24) is 4.90 Å². The molecule has 1 saturated heterocycles. The molecule has 4 nitrogen and oxygen atoms in total. The van der Waals surface area contributed by atoms with E-state index in [-0.39, 0.29) is 18.4 Å². The van der Waals surface area contributed by atoms with Gasteiger partial charge in [0.2, 0.25) is 0 Å². The third-order valence-electron chi connectivity index (χ3n) is 6.01. The predicted molar refractivity (Wildman–Crippen MR) is 120 cm³/mol. The van der Waals surface area contributed by atoms with Crippen molar-refractivity contribution in [1.29, 1.82) is 0 Å². The van der Waals surface area contributed by atoms with E-state index in [2.05, 4.69) is 0 Å². The second kappa shape index (κ2) is 7.74. The van der Waals surface area contributed by atoms with Gasteiger partial charge in [-0.1, -0.05) is 30.3 Å². The number of thioether (sulfide) groups is 1. The molecule has 32 heavy (non-hydrogen) atoms. The third kappa shape index (κ3) is 3.11. The summed E-state index contributed by atoms with van der Waals surface area (Å²) in [6.45, 7) is 2.35. The van der Waals surface area contributed by atoms with E-state index in [9.17, 15) is 18.4 Å². The van der Waals surface area contributed by atoms with Crippen molar-refractivity contribution < 1.29 is 18.4 Å². The van der Waals surface area contributed by atoms with Crippen molar-refractivity contribution in [2.24, 2.45) is 0 Å². The van der Waals surface area contributed by atoms with Gasteiger partial charge in [0.05, 0.1) is 12.2 Å². The van der Waals surface area contributed by atoms with Crippen LogP contribution in [0.25, 0.3) is 0 Å². The first-order valence-corrected chi connectivity index (χ1v) is 11.3. The fourth-order valence-electron chi connectivity index (χ4n) is 4.52. The van der Waals surface area contributed by atoms with Crippen LogP contribution in [0.3, 0.4) is 0 Å². The average molecular weight is 451 g/mol. The molecule has 7 heteroatoms. The van der Waals surface area contributed by atoms with Crippen LogP contribution in [-0.4, -0.2) is 29.0 Å². The van der Waals surface area contributed by atoms with Gasteiger partial charge in [0.1, 0.15) is 11.6 Å². The number of hydrogen-bond donors (Lipinski definition) is 0. The highest BCUT2D eigenvalue weighted by Gasteiger charge is 2.59. The summed E-state index contributed by atoms with van der Waals surface area (Å²) >= 11 is 1.34. The van der Waals surface area contributed by atoms with Crippen LogP contribution in [-0.2, 0) is 16.2 Å². The van der Waals surface area contributed by atoms with E-state index in [1.165, 1.54) is 40.9 Å². The monoisotopic (exact) mass is 450 g/mol. The standard InChI is InChI=1S/C25H20F2N2O2S/c1-16-5-2-3-8-20(16)23(30)29-11-12-32-25(29)21-14-19(27)9-10-22(21)28(24(25)31)15-17-6-4-7-18(26)13-17/h2-10,13-14H,11-12,15H2,1H3. The first-order valence-electron chi connectivity index (χ1n) is 10.3. The number of carbonyl (C=O) groups excluding carboxylic acids is 2. The molecule has 0 aromatic heterocycles. The Balaban J connectivity index is 1.61. The zero-order valence-electron chi connectivity index (χ0n) is 17.3. The van der Waals surface area contributed by atoms with Crippen molar-refractivity contribution in [3.8, 4) is 0 Å². The van der Waals surface area contributed by atoms with Gasteiger partial charge >= 0.3 is 0 Å². The summed E-state index contributed by atoms with van der Waals surface area (Å²) in [6, 6.07) is 17.5. The number of carbonyl (C=O) groups is 2. The lowest BCUT2D eigenvalue weighted by Gasteiger charge is -2.33. The molecule has 2 amide bonds. The maximum absolute atomic E-state index is 14.4. The minimum atomic E-state index is -1.34. The van der Waals surface area contributed by atoms with E-state index >= 15 is 0 Å². The summed E-state index contributed by atoms with van der Waals surface area (Å²) < 4.78 is 28.1. The SMILES string of the molecule is Cc1ccccc1C(=O)N1CCSC12C(=O)N(Cc1cccc(F)c1)c1ccc(F)cc12. The summed E-state index contributed by atoms with van der Waals surface area (Å²) in [6.07, 6.45) is 0. The molecular formula is C25H20F2N2O2S. The molecular weight excluding hydrogens is 430 g/mol. The second-order valence-electron chi connectivity index (χ2n) is 7.95. The van der Waals surface area contributed by atoms with Gasteiger partial charge in [-0.05, 0) is 54.4 Å². The van der Waals surface area contributed by atoms with Crippen molar-refractivity contribution >= 4 is 29.3 Å². The lowest BCUT2D eigenvalue weighted by Crippen LogP contribution is -2.50. The first-order chi connectivity index (χ1) is 15.4. The molecule has 0 aliphatic carbocycles. The Hall–Kier alpha value is -3.19. The molecule has 0 radical (unpaired) electrons. The number of nitrogens with zero attached hydrogens (tertiary/aromatic N) is 2. The van der Waals surface area contributed by atoms with Crippen LogP contribution >= 0.6 is 11.8 Å². The third-order valence-corrected chi connectivity index (χ3v) is 7.43. The zero-order valence-corrected chi connectivity index (χ0v) is 18.2. The Morgan fingerprint density at radius 2 is 1.81 bits per heavy atom. The van der Waals surface area contributed by atoms with Gasteiger partial charge in [0.15, 0.2) is 4.87 Å². The summed E-state index contributed by atoms with van der Waals surface area (Å²) in [7, 11) is 0. The molecule has 0 bridgehead atoms. The molecule has 1 spiro atoms. The Morgan fingerprint density at radius 3 is 2.59 bits per heavy atom. The highest BCUT2D eigenvalue weighted by molar-refractivity contribution is 8.01. The maximum Gasteiger partial charge on any atom is 0.268 e. The predicted octanol–water partition coefficient (Wildman–Crippen LogP) is 4.86. The van der Waals surface area contributed by atoms with Crippen molar-refractivity contribution in [3.05, 3.63) is 101 Å². The largest absolute Gasteiger partial charge is 0.311 e. The van der Waals surface area contributed by atoms with Gasteiger partial charge in [-0.2, -0.15) is 0 Å². The van der Waals surface area contributed by atoms with Crippen molar-refractivity contribution in [2.75, 3.05) is 17.2 Å². The van der Waals surface area contributed by atoms with Crippen molar-refractivity contribution in [3.63, 3.8) is 0 Å². The van der Waals surface area contributed by atoms with Crippen molar-refractivity contribution in [2.45, 2.75) is 18.3 Å². The molecule has 2 aliphatic heterocycles. The van der Waals surface area contributed by atoms with Gasteiger partial charge in [-0.25, -0.2) is 8.78 Å². The number of halogens is 2. The fraction of sp³-hybridized carbons (Fsp3) is 0.200. The molecule has 5 rings (SSSR count). The molecule has 1 fully saturated rings. The van der Waals surface area contributed by atoms with Crippen LogP contribution in [0.1, 0.15) is 27.0 Å². The molecule has 0 saturated carbocycles. The molecule has 1 unspecified atom stereocenters. The topological polar surface area (TPSA) is 40.6 Å². The maximum atomic E-state index is 14.4. The van der Waals surface area contributed by atoms with E-state index in [4.69, 9.17) is 0 Å². The zero-order chi connectivity index (χ0) is 22.5. The highest BCUT2D eigenvalue weighted by atomic mass is 32.2. The Morgan fingerprint density at radius 1 is 1.03 bits per heavy atom. The van der Waals surface area contributed by atoms with Gasteiger partial charge in [-0.15, -0.1) is 11.8 Å². The minimum absolute atomic E-state index is 0.129. The number of rotatable bonds is 3. The minimum Gasteiger partial charge on any atom is -0.311 e. The van der Waals surface area contributed by atoms with Gasteiger partial charge < -0.3 is 9.80 Å². The fourth-order valence-corrected chi connectivity index (χ4v) is 5.97. The lowest BCUT2D eigenvalue weighted by atomic mass is 10.0. The number of amides is 2. The van der Waals surface area contributed by atoms with E-state index in [0.29, 0.717) is 34.7 Å². The van der Waals surface area contributed by atoms with E-state index in [1.807, 2.05) is 19.1 Å². The van der Waals surface area contributed by atoms with Crippen LogP contribution in [0.4, 0.5) is 14.5 Å². The molecule has 162 valence electrons. The first kappa shape index (κ1) is 20.7. The number of aryl methyl sites for hydroxylation is 1. The summed E-state index contributed by atoms with van der Waals surface area (Å²) in [5.74, 6) is -0.891. The summed E-state index contributed by atoms with van der Waals surface area (Å²) in [4.78, 5) is 29.2. The second-order valence-corrected chi connectivity index (χ2v) is 9.23. The smallest absolute Gasteiger partial charge is 0.268 e. The van der Waals surface area contributed by atoms with Gasteiger partial charge in [0, 0.05) is 23.4 Å². The van der Waals surface area contributed by atoms with E-state index in [1.54, 1.807) is 35.2 Å². The molecule has 2 heterocycles. The Bertz CT molecular complexity index is 1250. The quantitative estimate of drug-likeness (QED) is 0.572. The van der Waals surface area contributed by atoms with Gasteiger partial charge in [0.25, 0.3) is 11.8 Å². The van der Waals surface area contributed by atoms with Crippen LogP contribution < -0.4 is 4.90 Å². The van der Waals surface area contributed by atoms with Crippen LogP contribution in [0.2, 0.25) is 0 Å². The normalized spacial score (nSPS) is 19.7. The number of hydrogen-bond acceptors (Lipinski definition) is 3. The Kier molecular flexibility index (Phi) is 5.01. The summed E-state index contributed by atoms with van der Waals surface area (Å²) in [5, 5.41) is 0. The Labute approximate surface area is 188 Å². The molecule has 2 aliphatic rings. The van der Waals surface area contributed by atoms with E-state index in [0.717, 1.165) is 5.56 Å². The van der Waals surface area contributed by atoms with Crippen LogP contribution in [0.15, 0.2) is 66.7 Å². The molecule has 1 atom stereocenters. The number of benzene rings is 3. The molecule has 3 aromatic rings.